The van der Waals surface area contributed by atoms with Gasteiger partial charge in [-0.05, 0) is 37.0 Å². The Bertz CT molecular complexity index is 362. The van der Waals surface area contributed by atoms with Crippen LogP contribution in [0.5, 0.6) is 0 Å². The highest BCUT2D eigenvalue weighted by Crippen LogP contribution is 2.34. The fourth-order valence-electron chi connectivity index (χ4n) is 2.58. The van der Waals surface area contributed by atoms with Crippen molar-refractivity contribution in [2.24, 2.45) is 11.3 Å². The maximum atomic E-state index is 11.9. The molecule has 0 spiro atoms. The van der Waals surface area contributed by atoms with E-state index in [0.29, 0.717) is 12.5 Å². The summed E-state index contributed by atoms with van der Waals surface area (Å²) in [5, 5.41) is 14.5. The maximum absolute atomic E-state index is 11.9. The molecule has 114 valence electrons. The van der Waals surface area contributed by atoms with E-state index in [1.807, 2.05) is 0 Å². The van der Waals surface area contributed by atoms with Crippen molar-refractivity contribution in [2.75, 3.05) is 19.8 Å². The Morgan fingerprint density at radius 2 is 2.00 bits per heavy atom. The van der Waals surface area contributed by atoms with Crippen LogP contribution in [0.4, 0.5) is 4.79 Å². The van der Waals surface area contributed by atoms with Crippen molar-refractivity contribution < 1.29 is 19.4 Å². The lowest BCUT2D eigenvalue weighted by Gasteiger charge is -2.33. The normalized spacial score (nSPS) is 22.9. The summed E-state index contributed by atoms with van der Waals surface area (Å²) in [6.45, 7) is 4.23. The highest BCUT2D eigenvalue weighted by Gasteiger charge is 2.34. The van der Waals surface area contributed by atoms with E-state index >= 15 is 0 Å². The van der Waals surface area contributed by atoms with Gasteiger partial charge in [-0.1, -0.05) is 6.92 Å². The van der Waals surface area contributed by atoms with E-state index < -0.39 is 5.97 Å². The van der Waals surface area contributed by atoms with Crippen molar-refractivity contribution in [1.82, 2.24) is 10.6 Å². The number of rotatable bonds is 6. The molecule has 2 rings (SSSR count). The van der Waals surface area contributed by atoms with Gasteiger partial charge in [-0.3, -0.25) is 4.79 Å². The van der Waals surface area contributed by atoms with Crippen LogP contribution in [0.25, 0.3) is 0 Å². The van der Waals surface area contributed by atoms with E-state index in [4.69, 9.17) is 9.84 Å². The van der Waals surface area contributed by atoms with Crippen LogP contribution < -0.4 is 10.6 Å². The minimum atomic E-state index is -0.862. The molecule has 0 aromatic carbocycles. The molecule has 6 nitrogen and oxygen atoms in total. The van der Waals surface area contributed by atoms with Crippen LogP contribution in [0, 0.1) is 11.3 Å². The van der Waals surface area contributed by atoms with Gasteiger partial charge in [-0.15, -0.1) is 0 Å². The van der Waals surface area contributed by atoms with Crippen molar-refractivity contribution in [3.8, 4) is 0 Å². The van der Waals surface area contributed by atoms with Gasteiger partial charge in [0, 0.05) is 25.8 Å². The summed E-state index contributed by atoms with van der Waals surface area (Å²) >= 11 is 0. The minimum absolute atomic E-state index is 0.00317. The molecule has 1 atom stereocenters. The first-order chi connectivity index (χ1) is 9.48. The monoisotopic (exact) mass is 284 g/mol. The van der Waals surface area contributed by atoms with Crippen molar-refractivity contribution in [2.45, 2.75) is 45.1 Å². The highest BCUT2D eigenvalue weighted by molar-refractivity contribution is 5.75. The predicted molar refractivity (Wildman–Crippen MR) is 73.5 cm³/mol. The number of carboxylic acid groups (broad SMARTS) is 1. The van der Waals surface area contributed by atoms with Gasteiger partial charge in [0.2, 0.25) is 0 Å². The van der Waals surface area contributed by atoms with E-state index in [9.17, 15) is 9.59 Å². The SMILES string of the molecule is CC1(CNC(=O)NC(CC(=O)O)C2CC2)CCOCC1. The average Bonchev–Trinajstić information content (AvgIpc) is 3.20. The highest BCUT2D eigenvalue weighted by atomic mass is 16.5. The van der Waals surface area contributed by atoms with Gasteiger partial charge < -0.3 is 20.5 Å². The minimum Gasteiger partial charge on any atom is -0.481 e. The van der Waals surface area contributed by atoms with Crippen LogP contribution in [0.15, 0.2) is 0 Å². The number of urea groups is 1. The predicted octanol–water partition coefficient (Wildman–Crippen LogP) is 1.36. The molecular weight excluding hydrogens is 260 g/mol. The zero-order chi connectivity index (χ0) is 14.6. The smallest absolute Gasteiger partial charge is 0.315 e. The molecule has 1 saturated heterocycles. The molecule has 0 bridgehead atoms. The van der Waals surface area contributed by atoms with Crippen molar-refractivity contribution in [3.05, 3.63) is 0 Å². The van der Waals surface area contributed by atoms with E-state index in [0.717, 1.165) is 38.9 Å². The van der Waals surface area contributed by atoms with E-state index in [1.54, 1.807) is 0 Å². The fourth-order valence-corrected chi connectivity index (χ4v) is 2.58. The Balaban J connectivity index is 1.74. The number of ether oxygens (including phenoxy) is 1. The van der Waals surface area contributed by atoms with Crippen LogP contribution in [0.1, 0.15) is 39.0 Å². The lowest BCUT2D eigenvalue weighted by Crippen LogP contribution is -2.47. The molecule has 3 N–H and O–H groups in total. The van der Waals surface area contributed by atoms with Crippen molar-refractivity contribution in [1.29, 1.82) is 0 Å². The summed E-state index contributed by atoms with van der Waals surface area (Å²) in [5.41, 5.74) is 0.0808. The summed E-state index contributed by atoms with van der Waals surface area (Å²) < 4.78 is 5.33. The maximum Gasteiger partial charge on any atom is 0.315 e. The van der Waals surface area contributed by atoms with Crippen molar-refractivity contribution >= 4 is 12.0 Å². The van der Waals surface area contributed by atoms with Crippen molar-refractivity contribution in [3.63, 3.8) is 0 Å². The molecule has 2 aliphatic rings. The van der Waals surface area contributed by atoms with Crippen LogP contribution in [-0.2, 0) is 9.53 Å². The molecule has 20 heavy (non-hydrogen) atoms. The van der Waals surface area contributed by atoms with Gasteiger partial charge in [0.1, 0.15) is 0 Å². The number of hydrogen-bond donors (Lipinski definition) is 3. The van der Waals surface area contributed by atoms with Crippen LogP contribution in [0.3, 0.4) is 0 Å². The molecule has 1 saturated carbocycles. The Morgan fingerprint density at radius 3 is 2.55 bits per heavy atom. The summed E-state index contributed by atoms with van der Waals surface area (Å²) in [7, 11) is 0. The topological polar surface area (TPSA) is 87.7 Å². The number of aliphatic carboxylic acids is 1. The first kappa shape index (κ1) is 15.1. The first-order valence-electron chi connectivity index (χ1n) is 7.32. The zero-order valence-corrected chi connectivity index (χ0v) is 12.0. The molecule has 1 aliphatic heterocycles. The third-order valence-electron chi connectivity index (χ3n) is 4.28. The summed E-state index contributed by atoms with van der Waals surface area (Å²) in [5.74, 6) is -0.533. The van der Waals surface area contributed by atoms with Gasteiger partial charge in [-0.2, -0.15) is 0 Å². The molecule has 6 heteroatoms. The standard InChI is InChI=1S/C14H24N2O4/c1-14(4-6-20-7-5-14)9-15-13(19)16-11(8-12(17)18)10-2-3-10/h10-11H,2-9H2,1H3,(H,17,18)(H2,15,16,19). The fraction of sp³-hybridized carbons (Fsp3) is 0.857. The lowest BCUT2D eigenvalue weighted by molar-refractivity contribution is -0.137. The van der Waals surface area contributed by atoms with Gasteiger partial charge in [-0.25, -0.2) is 4.79 Å². The molecule has 0 radical (unpaired) electrons. The Kier molecular flexibility index (Phi) is 4.86. The van der Waals surface area contributed by atoms with E-state index in [1.165, 1.54) is 0 Å². The number of carbonyl (C=O) groups is 2. The molecular formula is C14H24N2O4. The first-order valence-corrected chi connectivity index (χ1v) is 7.32. The second-order valence-corrected chi connectivity index (χ2v) is 6.29. The number of carboxylic acids is 1. The molecule has 1 aliphatic carbocycles. The van der Waals surface area contributed by atoms with Crippen LogP contribution >= 0.6 is 0 Å². The van der Waals surface area contributed by atoms with E-state index in [-0.39, 0.29) is 23.9 Å². The Morgan fingerprint density at radius 1 is 1.35 bits per heavy atom. The lowest BCUT2D eigenvalue weighted by atomic mass is 9.82. The third kappa shape index (κ3) is 4.67. The van der Waals surface area contributed by atoms with Crippen LogP contribution in [0.2, 0.25) is 0 Å². The largest absolute Gasteiger partial charge is 0.481 e. The molecule has 0 aromatic rings. The molecule has 1 unspecified atom stereocenters. The Hall–Kier alpha value is -1.30. The number of amides is 2. The van der Waals surface area contributed by atoms with Gasteiger partial charge in [0.05, 0.1) is 6.42 Å². The third-order valence-corrected chi connectivity index (χ3v) is 4.28. The molecule has 0 aromatic heterocycles. The van der Waals surface area contributed by atoms with Gasteiger partial charge in [0.15, 0.2) is 0 Å². The summed E-state index contributed by atoms with van der Waals surface area (Å²) in [4.78, 5) is 22.7. The Labute approximate surface area is 119 Å². The summed E-state index contributed by atoms with van der Waals surface area (Å²) in [6.07, 6.45) is 3.90. The second kappa shape index (κ2) is 6.43. The quantitative estimate of drug-likeness (QED) is 0.687. The molecule has 2 fully saturated rings. The summed E-state index contributed by atoms with van der Waals surface area (Å²) in [6, 6.07) is -0.495. The number of carbonyl (C=O) groups excluding carboxylic acids is 1. The van der Waals surface area contributed by atoms with Gasteiger partial charge in [0.25, 0.3) is 0 Å². The number of hydrogen-bond acceptors (Lipinski definition) is 3. The average molecular weight is 284 g/mol. The number of nitrogens with one attached hydrogen (secondary N) is 2. The molecule has 1 heterocycles. The van der Waals surface area contributed by atoms with Gasteiger partial charge >= 0.3 is 12.0 Å². The van der Waals surface area contributed by atoms with E-state index in [2.05, 4.69) is 17.6 Å². The molecule has 2 amide bonds. The van der Waals surface area contributed by atoms with Crippen LogP contribution in [-0.4, -0.2) is 42.9 Å². The second-order valence-electron chi connectivity index (χ2n) is 6.29. The zero-order valence-electron chi connectivity index (χ0n) is 12.0.